The van der Waals surface area contributed by atoms with Gasteiger partial charge in [-0.05, 0) is 28.5 Å². The summed E-state index contributed by atoms with van der Waals surface area (Å²) in [5.41, 5.74) is 1.11. The lowest BCUT2D eigenvalue weighted by Gasteiger charge is -2.22. The van der Waals surface area contributed by atoms with Gasteiger partial charge in [-0.25, -0.2) is 0 Å². The van der Waals surface area contributed by atoms with E-state index in [1.165, 1.54) is 18.2 Å². The molecule has 0 unspecified atom stereocenters. The molecule has 0 N–H and O–H groups in total. The predicted octanol–water partition coefficient (Wildman–Crippen LogP) is 3.60. The van der Waals surface area contributed by atoms with Crippen molar-refractivity contribution in [2.75, 3.05) is 20.3 Å². The molecule has 1 aromatic carbocycles. The van der Waals surface area contributed by atoms with Crippen molar-refractivity contribution in [2.24, 2.45) is 0 Å². The van der Waals surface area contributed by atoms with Crippen LogP contribution in [0.1, 0.15) is 15.9 Å². The molecule has 0 aliphatic carbocycles. The van der Waals surface area contributed by atoms with E-state index in [4.69, 9.17) is 16.3 Å². The third kappa shape index (κ3) is 4.51. The predicted molar refractivity (Wildman–Crippen MR) is 89.0 cm³/mol. The first-order valence-electron chi connectivity index (χ1n) is 6.76. The molecule has 0 aliphatic rings. The Hall–Kier alpha value is -1.96. The summed E-state index contributed by atoms with van der Waals surface area (Å²) in [4.78, 5) is 24.5. The van der Waals surface area contributed by atoms with Crippen molar-refractivity contribution in [1.82, 2.24) is 4.90 Å². The summed E-state index contributed by atoms with van der Waals surface area (Å²) >= 11 is 7.60. The van der Waals surface area contributed by atoms with Crippen LogP contribution in [0.25, 0.3) is 0 Å². The Labute approximate surface area is 142 Å². The topological polar surface area (TPSA) is 72.7 Å². The number of methoxy groups -OCH3 is 1. The number of nitrogens with zero attached hydrogens (tertiary/aromatic N) is 2. The van der Waals surface area contributed by atoms with E-state index in [0.717, 1.165) is 5.56 Å². The molecule has 0 fully saturated rings. The number of hydrogen-bond acceptors (Lipinski definition) is 5. The summed E-state index contributed by atoms with van der Waals surface area (Å²) in [7, 11) is 1.56. The summed E-state index contributed by atoms with van der Waals surface area (Å²) in [6.45, 7) is 1.22. The molecule has 0 spiro atoms. The average molecular weight is 355 g/mol. The maximum absolute atomic E-state index is 12.7. The molecule has 1 aromatic heterocycles. The maximum atomic E-state index is 12.7. The zero-order valence-corrected chi connectivity index (χ0v) is 14.0. The normalized spacial score (nSPS) is 10.5. The molecule has 0 saturated carbocycles. The van der Waals surface area contributed by atoms with Crippen LogP contribution in [0.15, 0.2) is 35.0 Å². The first-order valence-corrected chi connectivity index (χ1v) is 8.08. The van der Waals surface area contributed by atoms with Crippen LogP contribution in [-0.4, -0.2) is 36.0 Å². The lowest BCUT2D eigenvalue weighted by atomic mass is 10.1. The molecule has 6 nitrogen and oxygen atoms in total. The van der Waals surface area contributed by atoms with Gasteiger partial charge in [0.1, 0.15) is 0 Å². The second-order valence-corrected chi connectivity index (χ2v) is 5.96. The van der Waals surface area contributed by atoms with Crippen LogP contribution < -0.4 is 0 Å². The third-order valence-electron chi connectivity index (χ3n) is 3.20. The van der Waals surface area contributed by atoms with Crippen molar-refractivity contribution < 1.29 is 14.5 Å². The van der Waals surface area contributed by atoms with E-state index in [1.54, 1.807) is 23.3 Å². The number of amides is 1. The van der Waals surface area contributed by atoms with Gasteiger partial charge in [-0.1, -0.05) is 11.6 Å². The van der Waals surface area contributed by atoms with Crippen molar-refractivity contribution >= 4 is 34.5 Å². The number of carbonyl (C=O) groups excluding carboxylic acids is 1. The fourth-order valence-corrected chi connectivity index (χ4v) is 2.93. The maximum Gasteiger partial charge on any atom is 0.270 e. The second-order valence-electron chi connectivity index (χ2n) is 4.77. The molecule has 1 amide bonds. The van der Waals surface area contributed by atoms with Crippen LogP contribution in [0.2, 0.25) is 5.02 Å². The second kappa shape index (κ2) is 8.05. The van der Waals surface area contributed by atoms with Crippen molar-refractivity contribution in [3.05, 3.63) is 61.3 Å². The molecule has 0 atom stereocenters. The Morgan fingerprint density at radius 3 is 2.78 bits per heavy atom. The molecule has 8 heteroatoms. The van der Waals surface area contributed by atoms with Gasteiger partial charge >= 0.3 is 0 Å². The number of rotatable bonds is 7. The molecule has 0 radical (unpaired) electrons. The largest absolute Gasteiger partial charge is 0.383 e. The summed E-state index contributed by atoms with van der Waals surface area (Å²) < 4.78 is 5.04. The van der Waals surface area contributed by atoms with E-state index in [9.17, 15) is 14.9 Å². The van der Waals surface area contributed by atoms with E-state index in [2.05, 4.69) is 0 Å². The number of carbonyl (C=O) groups is 1. The number of nitro benzene ring substituents is 1. The van der Waals surface area contributed by atoms with Crippen molar-refractivity contribution in [2.45, 2.75) is 6.54 Å². The molecule has 0 saturated heterocycles. The molecule has 2 rings (SSSR count). The van der Waals surface area contributed by atoms with Gasteiger partial charge in [0.2, 0.25) is 0 Å². The molecule has 2 aromatic rings. The zero-order chi connectivity index (χ0) is 16.8. The SMILES string of the molecule is COCCN(Cc1ccsc1)C(=O)c1ccc([N+](=O)[O-])cc1Cl. The van der Waals surface area contributed by atoms with Gasteiger partial charge in [0.05, 0.1) is 22.1 Å². The average Bonchev–Trinajstić information content (AvgIpc) is 3.03. The Balaban J connectivity index is 2.23. The summed E-state index contributed by atoms with van der Waals surface area (Å²) in [5, 5.41) is 14.7. The lowest BCUT2D eigenvalue weighted by Crippen LogP contribution is -2.33. The van der Waals surface area contributed by atoms with Crippen LogP contribution in [-0.2, 0) is 11.3 Å². The number of benzene rings is 1. The van der Waals surface area contributed by atoms with E-state index < -0.39 is 4.92 Å². The minimum atomic E-state index is -0.547. The van der Waals surface area contributed by atoms with Crippen LogP contribution >= 0.6 is 22.9 Å². The van der Waals surface area contributed by atoms with Gasteiger partial charge in [-0.3, -0.25) is 14.9 Å². The van der Waals surface area contributed by atoms with Gasteiger partial charge < -0.3 is 9.64 Å². The van der Waals surface area contributed by atoms with E-state index in [1.807, 2.05) is 16.8 Å². The monoisotopic (exact) mass is 354 g/mol. The number of hydrogen-bond donors (Lipinski definition) is 0. The number of non-ortho nitro benzene ring substituents is 1. The smallest absolute Gasteiger partial charge is 0.270 e. The molecule has 122 valence electrons. The third-order valence-corrected chi connectivity index (χ3v) is 4.24. The standard InChI is InChI=1S/C15H15ClN2O4S/c1-22-6-5-17(9-11-4-7-23-10-11)15(19)13-3-2-12(18(20)21)8-14(13)16/h2-4,7-8,10H,5-6,9H2,1H3. The molecular formula is C15H15ClN2O4S. The highest BCUT2D eigenvalue weighted by atomic mass is 35.5. The fraction of sp³-hybridized carbons (Fsp3) is 0.267. The quantitative estimate of drug-likeness (QED) is 0.562. The zero-order valence-electron chi connectivity index (χ0n) is 12.4. The number of halogens is 1. The summed E-state index contributed by atoms with van der Waals surface area (Å²) in [6.07, 6.45) is 0. The number of ether oxygens (including phenoxy) is 1. The minimum Gasteiger partial charge on any atom is -0.383 e. The van der Waals surface area contributed by atoms with Gasteiger partial charge in [0, 0.05) is 32.3 Å². The van der Waals surface area contributed by atoms with Gasteiger partial charge in [0.25, 0.3) is 11.6 Å². The highest BCUT2D eigenvalue weighted by molar-refractivity contribution is 7.07. The number of nitro groups is 1. The Kier molecular flexibility index (Phi) is 6.09. The van der Waals surface area contributed by atoms with Gasteiger partial charge in [-0.15, -0.1) is 0 Å². The molecule has 0 aliphatic heterocycles. The van der Waals surface area contributed by atoms with E-state index in [-0.39, 0.29) is 22.2 Å². The fourth-order valence-electron chi connectivity index (χ4n) is 2.02. The summed E-state index contributed by atoms with van der Waals surface area (Å²) in [6, 6.07) is 5.79. The van der Waals surface area contributed by atoms with Crippen LogP contribution in [0, 0.1) is 10.1 Å². The Morgan fingerprint density at radius 2 is 2.22 bits per heavy atom. The highest BCUT2D eigenvalue weighted by Crippen LogP contribution is 2.24. The lowest BCUT2D eigenvalue weighted by molar-refractivity contribution is -0.384. The van der Waals surface area contributed by atoms with Crippen molar-refractivity contribution in [3.63, 3.8) is 0 Å². The molecule has 1 heterocycles. The van der Waals surface area contributed by atoms with Crippen molar-refractivity contribution in [3.8, 4) is 0 Å². The Bertz CT molecular complexity index is 691. The van der Waals surface area contributed by atoms with Crippen molar-refractivity contribution in [1.29, 1.82) is 0 Å². The highest BCUT2D eigenvalue weighted by Gasteiger charge is 2.20. The van der Waals surface area contributed by atoms with Crippen LogP contribution in [0.4, 0.5) is 5.69 Å². The molecule has 0 bridgehead atoms. The number of thiophene rings is 1. The first kappa shape index (κ1) is 17.4. The first-order chi connectivity index (χ1) is 11.0. The van der Waals surface area contributed by atoms with Gasteiger partial charge in [-0.2, -0.15) is 11.3 Å². The van der Waals surface area contributed by atoms with Gasteiger partial charge in [0.15, 0.2) is 0 Å². The van der Waals surface area contributed by atoms with Crippen LogP contribution in [0.5, 0.6) is 0 Å². The molecular weight excluding hydrogens is 340 g/mol. The Morgan fingerprint density at radius 1 is 1.43 bits per heavy atom. The molecule has 23 heavy (non-hydrogen) atoms. The van der Waals surface area contributed by atoms with E-state index in [0.29, 0.717) is 19.7 Å². The van der Waals surface area contributed by atoms with E-state index >= 15 is 0 Å². The summed E-state index contributed by atoms with van der Waals surface area (Å²) in [5.74, 6) is -0.284. The minimum absolute atomic E-state index is 0.0666. The van der Waals surface area contributed by atoms with Crippen LogP contribution in [0.3, 0.4) is 0 Å².